The average molecular weight is 255 g/mol. The molecule has 0 radical (unpaired) electrons. The van der Waals surface area contributed by atoms with Gasteiger partial charge in [0.2, 0.25) is 0 Å². The maximum atomic E-state index is 11.7. The molecule has 1 aromatic rings. The lowest BCUT2D eigenvalue weighted by Crippen LogP contribution is -2.14. The molecule has 19 heavy (non-hydrogen) atoms. The molecule has 0 saturated carbocycles. The summed E-state index contributed by atoms with van der Waals surface area (Å²) in [7, 11) is 0. The fraction of sp³-hybridized carbons (Fsp3) is 0.375. The smallest absolute Gasteiger partial charge is 0.296 e. The summed E-state index contributed by atoms with van der Waals surface area (Å²) in [5.41, 5.74) is 3.87. The Morgan fingerprint density at radius 1 is 1.21 bits per heavy atom. The number of fused-ring (bicyclic) bond motifs is 1. The molecule has 0 atom stereocenters. The van der Waals surface area contributed by atoms with E-state index in [1.807, 2.05) is 18.2 Å². The van der Waals surface area contributed by atoms with Crippen LogP contribution >= 0.6 is 0 Å². The zero-order chi connectivity index (χ0) is 13.6. The minimum Gasteiger partial charge on any atom is -0.318 e. The van der Waals surface area contributed by atoms with Gasteiger partial charge < -0.3 is 5.32 Å². The van der Waals surface area contributed by atoms with Crippen molar-refractivity contribution < 1.29 is 9.59 Å². The predicted octanol–water partition coefficient (Wildman–Crippen LogP) is 3.41. The molecule has 2 aliphatic rings. The highest BCUT2D eigenvalue weighted by Crippen LogP contribution is 2.38. The van der Waals surface area contributed by atoms with E-state index in [2.05, 4.69) is 25.2 Å². The number of anilines is 1. The number of ketones is 1. The summed E-state index contributed by atoms with van der Waals surface area (Å²) in [5, 5.41) is 2.58. The van der Waals surface area contributed by atoms with Gasteiger partial charge in [0.25, 0.3) is 11.7 Å². The summed E-state index contributed by atoms with van der Waals surface area (Å²) < 4.78 is 0. The number of hydrogen-bond acceptors (Lipinski definition) is 2. The zero-order valence-corrected chi connectivity index (χ0v) is 11.2. The van der Waals surface area contributed by atoms with E-state index in [4.69, 9.17) is 0 Å². The first-order chi connectivity index (χ1) is 8.96. The molecular weight excluding hydrogens is 238 g/mol. The Morgan fingerprint density at radius 3 is 2.68 bits per heavy atom. The maximum absolute atomic E-state index is 11.7. The molecule has 1 heterocycles. The van der Waals surface area contributed by atoms with E-state index in [1.54, 1.807) is 0 Å². The van der Waals surface area contributed by atoms with Crippen molar-refractivity contribution >= 4 is 23.0 Å². The van der Waals surface area contributed by atoms with E-state index in [9.17, 15) is 9.59 Å². The Kier molecular flexibility index (Phi) is 2.59. The van der Waals surface area contributed by atoms with Gasteiger partial charge in [-0.1, -0.05) is 26.0 Å². The van der Waals surface area contributed by atoms with Crippen LogP contribution in [-0.2, 0) is 4.79 Å². The fourth-order valence-electron chi connectivity index (χ4n) is 2.68. The van der Waals surface area contributed by atoms with Crippen molar-refractivity contribution in [3.63, 3.8) is 0 Å². The lowest BCUT2D eigenvalue weighted by molar-refractivity contribution is -0.112. The van der Waals surface area contributed by atoms with Crippen LogP contribution in [-0.4, -0.2) is 11.7 Å². The molecule has 1 aromatic carbocycles. The lowest BCUT2D eigenvalue weighted by Gasteiger charge is -2.28. The summed E-state index contributed by atoms with van der Waals surface area (Å²) in [5.74, 6) is -0.945. The van der Waals surface area contributed by atoms with Gasteiger partial charge in [-0.3, -0.25) is 9.59 Å². The fourth-order valence-corrected chi connectivity index (χ4v) is 2.68. The Balaban J connectivity index is 1.95. The van der Waals surface area contributed by atoms with E-state index in [1.165, 1.54) is 5.57 Å². The number of amides is 1. The van der Waals surface area contributed by atoms with Crippen LogP contribution in [0, 0.1) is 5.41 Å². The number of Topliss-reactive ketones (excluding diaryl/α,β-unsaturated/α-hetero) is 1. The molecule has 0 saturated heterocycles. The first-order valence-corrected chi connectivity index (χ1v) is 6.65. The standard InChI is InChI=1S/C16H17NO2/c1-16(2)7-5-10(6-8-16)11-3-4-13-12(9-11)14(18)15(19)17-13/h3-5,9H,6-8H2,1-2H3,(H,17,18,19). The predicted molar refractivity (Wildman–Crippen MR) is 75.0 cm³/mol. The van der Waals surface area contributed by atoms with Crippen molar-refractivity contribution in [2.24, 2.45) is 5.41 Å². The molecule has 3 rings (SSSR count). The van der Waals surface area contributed by atoms with Crippen LogP contribution in [0.1, 0.15) is 49.0 Å². The van der Waals surface area contributed by atoms with Gasteiger partial charge in [-0.25, -0.2) is 0 Å². The van der Waals surface area contributed by atoms with Crippen molar-refractivity contribution in [3.05, 3.63) is 35.4 Å². The van der Waals surface area contributed by atoms with Gasteiger partial charge >= 0.3 is 0 Å². The van der Waals surface area contributed by atoms with Crippen LogP contribution in [0.4, 0.5) is 5.69 Å². The van der Waals surface area contributed by atoms with Gasteiger partial charge in [0.1, 0.15) is 0 Å². The largest absolute Gasteiger partial charge is 0.318 e. The monoisotopic (exact) mass is 255 g/mol. The molecule has 0 unspecified atom stereocenters. The molecule has 0 spiro atoms. The molecule has 1 aliphatic carbocycles. The third kappa shape index (κ3) is 2.09. The van der Waals surface area contributed by atoms with Crippen molar-refractivity contribution in [1.82, 2.24) is 0 Å². The van der Waals surface area contributed by atoms with Crippen molar-refractivity contribution in [1.29, 1.82) is 0 Å². The van der Waals surface area contributed by atoms with E-state index >= 15 is 0 Å². The highest BCUT2D eigenvalue weighted by atomic mass is 16.2. The normalized spacial score (nSPS) is 20.8. The van der Waals surface area contributed by atoms with Gasteiger partial charge in [-0.15, -0.1) is 0 Å². The molecule has 1 N–H and O–H groups in total. The van der Waals surface area contributed by atoms with Gasteiger partial charge in [-0.05, 0) is 47.9 Å². The van der Waals surface area contributed by atoms with Crippen molar-refractivity contribution in [3.8, 4) is 0 Å². The Bertz CT molecular complexity index is 611. The number of nitrogens with one attached hydrogen (secondary N) is 1. The second kappa shape index (κ2) is 4.05. The number of carbonyl (C=O) groups excluding carboxylic acids is 2. The van der Waals surface area contributed by atoms with Gasteiger partial charge in [0.05, 0.1) is 11.3 Å². The minimum atomic E-state index is -0.522. The number of benzene rings is 1. The number of allylic oxidation sites excluding steroid dienone is 2. The Labute approximate surface area is 112 Å². The summed E-state index contributed by atoms with van der Waals surface area (Å²) in [6, 6.07) is 5.66. The number of rotatable bonds is 1. The summed E-state index contributed by atoms with van der Waals surface area (Å²) >= 11 is 0. The molecule has 0 bridgehead atoms. The van der Waals surface area contributed by atoms with Crippen LogP contribution in [0.3, 0.4) is 0 Å². The highest BCUT2D eigenvalue weighted by molar-refractivity contribution is 6.51. The number of carbonyl (C=O) groups is 2. The summed E-state index contributed by atoms with van der Waals surface area (Å²) in [4.78, 5) is 23.0. The molecule has 0 fully saturated rings. The average Bonchev–Trinajstić information content (AvgIpc) is 2.65. The number of hydrogen-bond donors (Lipinski definition) is 1. The molecule has 98 valence electrons. The first kappa shape index (κ1) is 12.2. The van der Waals surface area contributed by atoms with E-state index in [-0.39, 0.29) is 0 Å². The third-order valence-corrected chi connectivity index (χ3v) is 4.06. The van der Waals surface area contributed by atoms with Crippen LogP contribution in [0.25, 0.3) is 5.57 Å². The van der Waals surface area contributed by atoms with E-state index in [0.717, 1.165) is 24.8 Å². The molecule has 1 aliphatic heterocycles. The summed E-state index contributed by atoms with van der Waals surface area (Å²) in [6.07, 6.45) is 5.51. The molecule has 3 heteroatoms. The Morgan fingerprint density at radius 2 is 2.00 bits per heavy atom. The van der Waals surface area contributed by atoms with Gasteiger partial charge in [0, 0.05) is 0 Å². The second-order valence-corrected chi connectivity index (χ2v) is 6.14. The van der Waals surface area contributed by atoms with Crippen LogP contribution in [0.2, 0.25) is 0 Å². The van der Waals surface area contributed by atoms with E-state index < -0.39 is 11.7 Å². The second-order valence-electron chi connectivity index (χ2n) is 6.14. The molecular formula is C16H17NO2. The maximum Gasteiger partial charge on any atom is 0.296 e. The first-order valence-electron chi connectivity index (χ1n) is 6.65. The van der Waals surface area contributed by atoms with Crippen molar-refractivity contribution in [2.45, 2.75) is 33.1 Å². The molecule has 0 aromatic heterocycles. The SMILES string of the molecule is CC1(C)CC=C(c2ccc3c(c2)C(=O)C(=O)N3)CC1. The molecule has 1 amide bonds. The van der Waals surface area contributed by atoms with Gasteiger partial charge in [-0.2, -0.15) is 0 Å². The van der Waals surface area contributed by atoms with Crippen LogP contribution in [0.15, 0.2) is 24.3 Å². The third-order valence-electron chi connectivity index (χ3n) is 4.06. The van der Waals surface area contributed by atoms with Gasteiger partial charge in [0.15, 0.2) is 0 Å². The van der Waals surface area contributed by atoms with Crippen LogP contribution in [0.5, 0.6) is 0 Å². The van der Waals surface area contributed by atoms with E-state index in [0.29, 0.717) is 16.7 Å². The highest BCUT2D eigenvalue weighted by Gasteiger charge is 2.29. The van der Waals surface area contributed by atoms with Crippen LogP contribution < -0.4 is 5.32 Å². The minimum absolute atomic E-state index is 0.369. The summed E-state index contributed by atoms with van der Waals surface area (Å²) in [6.45, 7) is 4.55. The lowest BCUT2D eigenvalue weighted by atomic mass is 9.77. The topological polar surface area (TPSA) is 46.2 Å². The zero-order valence-electron chi connectivity index (χ0n) is 11.2. The Hall–Kier alpha value is -1.90. The molecule has 3 nitrogen and oxygen atoms in total. The quantitative estimate of drug-likeness (QED) is 0.781. The van der Waals surface area contributed by atoms with Crippen molar-refractivity contribution in [2.75, 3.05) is 5.32 Å².